The lowest BCUT2D eigenvalue weighted by Crippen LogP contribution is -2.25. The van der Waals surface area contributed by atoms with Gasteiger partial charge in [-0.25, -0.2) is 15.1 Å². The topological polar surface area (TPSA) is 109 Å². The molecule has 18 heavy (non-hydrogen) atoms. The van der Waals surface area contributed by atoms with Crippen LogP contribution in [0.15, 0.2) is 24.3 Å². The molecule has 0 heterocycles. The van der Waals surface area contributed by atoms with Crippen molar-refractivity contribution < 1.29 is 24.5 Å². The molecule has 0 spiro atoms. The van der Waals surface area contributed by atoms with Gasteiger partial charge in [-0.15, -0.1) is 0 Å². The van der Waals surface area contributed by atoms with Gasteiger partial charge < -0.3 is 10.1 Å². The molecule has 7 heteroatoms. The number of isocyanates is 1. The fourth-order valence-electron chi connectivity index (χ4n) is 1.07. The van der Waals surface area contributed by atoms with Crippen molar-refractivity contribution in [3.8, 4) is 0 Å². The largest absolute Gasteiger partial charge is 0.364 e. The molecule has 0 fully saturated rings. The Labute approximate surface area is 104 Å². The highest BCUT2D eigenvalue weighted by Gasteiger charge is 2.03. The number of carbonyl (C=O) groups is 1. The first kappa shape index (κ1) is 16.0. The number of hydrogen-bond donors (Lipinski definition) is 3. The van der Waals surface area contributed by atoms with Gasteiger partial charge in [0.15, 0.2) is 0 Å². The van der Waals surface area contributed by atoms with E-state index in [0.29, 0.717) is 5.56 Å². The van der Waals surface area contributed by atoms with Crippen LogP contribution in [0.3, 0.4) is 0 Å². The Bertz CT molecular complexity index is 385. The average Bonchev–Trinajstić information content (AvgIpc) is 2.38. The number of carbonyl (C=O) groups excluding carboxylic acids is 2. The van der Waals surface area contributed by atoms with Crippen LogP contribution >= 0.6 is 0 Å². The van der Waals surface area contributed by atoms with E-state index in [1.54, 1.807) is 24.3 Å². The van der Waals surface area contributed by atoms with Crippen molar-refractivity contribution in [2.75, 3.05) is 13.8 Å². The van der Waals surface area contributed by atoms with E-state index in [1.807, 2.05) is 0 Å². The number of amides is 1. The minimum atomic E-state index is -0.201. The first-order valence-electron chi connectivity index (χ1n) is 4.85. The molecule has 0 radical (unpaired) electrons. The number of hydrogen-bond acceptors (Lipinski definition) is 6. The number of benzene rings is 1. The first-order chi connectivity index (χ1) is 8.69. The van der Waals surface area contributed by atoms with Crippen LogP contribution in [0, 0.1) is 5.41 Å². The maximum absolute atomic E-state index is 11.4. The molecule has 7 nitrogen and oxygen atoms in total. The van der Waals surface area contributed by atoms with Gasteiger partial charge >= 0.3 is 0 Å². The van der Waals surface area contributed by atoms with E-state index in [-0.39, 0.29) is 19.2 Å². The van der Waals surface area contributed by atoms with Crippen molar-refractivity contribution in [3.63, 3.8) is 0 Å². The molecule has 3 N–H and O–H groups in total. The van der Waals surface area contributed by atoms with Crippen molar-refractivity contribution in [1.82, 2.24) is 5.32 Å². The lowest BCUT2D eigenvalue weighted by molar-refractivity contribution is -0.253. The highest BCUT2D eigenvalue weighted by atomic mass is 17.1. The second-order valence-electron chi connectivity index (χ2n) is 3.01. The van der Waals surface area contributed by atoms with E-state index in [0.717, 1.165) is 11.6 Å². The summed E-state index contributed by atoms with van der Waals surface area (Å²) in [6, 6.07) is 6.72. The van der Waals surface area contributed by atoms with E-state index < -0.39 is 0 Å². The second kappa shape index (κ2) is 10.1. The Hall–Kier alpha value is -2.05. The van der Waals surface area contributed by atoms with Gasteiger partial charge in [0.25, 0.3) is 5.91 Å². The van der Waals surface area contributed by atoms with Crippen LogP contribution in [0.2, 0.25) is 0 Å². The first-order valence-corrected chi connectivity index (χ1v) is 4.85. The van der Waals surface area contributed by atoms with Crippen LogP contribution in [0.5, 0.6) is 0 Å². The molecule has 98 valence electrons. The Morgan fingerprint density at radius 3 is 2.44 bits per heavy atom. The van der Waals surface area contributed by atoms with Gasteiger partial charge in [-0.1, -0.05) is 12.1 Å². The van der Waals surface area contributed by atoms with Gasteiger partial charge in [-0.3, -0.25) is 10.1 Å². The zero-order valence-electron chi connectivity index (χ0n) is 9.80. The van der Waals surface area contributed by atoms with Crippen LogP contribution in [0.4, 0.5) is 0 Å². The van der Waals surface area contributed by atoms with E-state index in [9.17, 15) is 4.79 Å². The van der Waals surface area contributed by atoms with Crippen LogP contribution in [0.25, 0.3) is 0 Å². The third-order valence-electron chi connectivity index (χ3n) is 1.82. The van der Waals surface area contributed by atoms with Gasteiger partial charge in [0.1, 0.15) is 13.3 Å². The molecule has 0 atom stereocenters. The van der Waals surface area contributed by atoms with Gasteiger partial charge in [0, 0.05) is 12.7 Å². The van der Waals surface area contributed by atoms with E-state index in [2.05, 4.69) is 10.2 Å². The summed E-state index contributed by atoms with van der Waals surface area (Å²) < 4.78 is 4.71. The molecule has 0 aliphatic heterocycles. The maximum Gasteiger partial charge on any atom is 0.253 e. The monoisotopic (exact) mass is 254 g/mol. The molecular weight excluding hydrogens is 240 g/mol. The zero-order chi connectivity index (χ0) is 13.8. The van der Waals surface area contributed by atoms with Gasteiger partial charge in [0.2, 0.25) is 6.08 Å². The highest BCUT2D eigenvalue weighted by molar-refractivity contribution is 5.94. The minimum Gasteiger partial charge on any atom is -0.364 e. The average molecular weight is 254 g/mol. The van der Waals surface area contributed by atoms with Gasteiger partial charge in [-0.2, -0.15) is 0 Å². The lowest BCUT2D eigenvalue weighted by atomic mass is 10.1. The molecule has 0 saturated carbocycles. The van der Waals surface area contributed by atoms with E-state index in [4.69, 9.17) is 20.2 Å². The maximum atomic E-state index is 11.4. The van der Waals surface area contributed by atoms with Crippen LogP contribution in [0.1, 0.15) is 15.9 Å². The predicted molar refractivity (Wildman–Crippen MR) is 61.6 cm³/mol. The number of nitrogens with one attached hydrogen (secondary N) is 2. The fraction of sp³-hybridized carbons (Fsp3) is 0.273. The van der Waals surface area contributed by atoms with Crippen molar-refractivity contribution in [3.05, 3.63) is 35.4 Å². The molecule has 0 aliphatic carbocycles. The Morgan fingerprint density at radius 2 is 2.00 bits per heavy atom. The summed E-state index contributed by atoms with van der Waals surface area (Å²) in [5, 5.41) is 16.2. The summed E-state index contributed by atoms with van der Waals surface area (Å²) in [5.74, 6) is -0.201. The third-order valence-corrected chi connectivity index (χ3v) is 1.82. The van der Waals surface area contributed by atoms with Crippen LogP contribution in [-0.2, 0) is 21.0 Å². The van der Waals surface area contributed by atoms with Crippen LogP contribution < -0.4 is 5.32 Å². The summed E-state index contributed by atoms with van der Waals surface area (Å²) >= 11 is 0. The SMILES string of the molecule is COCNC(=O)c1ccc(COO)cc1.N=C=O. The fourth-order valence-corrected chi connectivity index (χ4v) is 1.07. The van der Waals surface area contributed by atoms with Crippen molar-refractivity contribution in [2.45, 2.75) is 6.61 Å². The number of methoxy groups -OCH3 is 1. The van der Waals surface area contributed by atoms with Gasteiger partial charge in [0.05, 0.1) is 0 Å². The Balaban J connectivity index is 0.000000873. The van der Waals surface area contributed by atoms with E-state index >= 15 is 0 Å². The summed E-state index contributed by atoms with van der Waals surface area (Å²) in [6.07, 6.45) is 0.750. The normalized spacial score (nSPS) is 8.78. The number of ether oxygens (including phenoxy) is 1. The molecule has 1 amide bonds. The number of rotatable bonds is 5. The highest BCUT2D eigenvalue weighted by Crippen LogP contribution is 2.05. The van der Waals surface area contributed by atoms with Crippen LogP contribution in [-0.4, -0.2) is 31.1 Å². The standard InChI is InChI=1S/C10H13NO4.CHNO/c1-14-7-11-10(12)9-4-2-8(3-5-9)6-15-13;2-1-3/h2-5,13H,6-7H2,1H3,(H,11,12);2H. The lowest BCUT2D eigenvalue weighted by Gasteiger charge is -2.04. The van der Waals surface area contributed by atoms with Crippen molar-refractivity contribution >= 4 is 12.0 Å². The minimum absolute atomic E-state index is 0.111. The molecule has 0 aromatic heterocycles. The second-order valence-corrected chi connectivity index (χ2v) is 3.01. The van der Waals surface area contributed by atoms with E-state index in [1.165, 1.54) is 7.11 Å². The molecule has 1 rings (SSSR count). The van der Waals surface area contributed by atoms with Gasteiger partial charge in [-0.05, 0) is 17.7 Å². The molecule has 1 aromatic rings. The third kappa shape index (κ3) is 6.51. The Kier molecular flexibility index (Phi) is 8.97. The summed E-state index contributed by atoms with van der Waals surface area (Å²) in [5.41, 5.74) is 1.33. The zero-order valence-corrected chi connectivity index (χ0v) is 9.80. The Morgan fingerprint density at radius 1 is 1.44 bits per heavy atom. The quantitative estimate of drug-likeness (QED) is 0.238. The molecule has 0 bridgehead atoms. The predicted octanol–water partition coefficient (Wildman–Crippen LogP) is 0.911. The molecular formula is C11H14N2O5. The van der Waals surface area contributed by atoms with Crippen molar-refractivity contribution in [1.29, 1.82) is 5.41 Å². The summed E-state index contributed by atoms with van der Waals surface area (Å²) in [7, 11) is 1.50. The molecule has 1 aromatic carbocycles. The molecule has 0 saturated heterocycles. The molecule has 0 aliphatic rings. The van der Waals surface area contributed by atoms with Crippen molar-refractivity contribution in [2.24, 2.45) is 0 Å². The molecule has 0 unspecified atom stereocenters. The summed E-state index contributed by atoms with van der Waals surface area (Å²) in [4.78, 5) is 23.7. The summed E-state index contributed by atoms with van der Waals surface area (Å²) in [6.45, 7) is 0.292. The smallest absolute Gasteiger partial charge is 0.253 e.